The van der Waals surface area contributed by atoms with Gasteiger partial charge in [-0.25, -0.2) is 0 Å². The lowest BCUT2D eigenvalue weighted by Crippen LogP contribution is -2.43. The van der Waals surface area contributed by atoms with Gasteiger partial charge in [0, 0.05) is 6.54 Å². The summed E-state index contributed by atoms with van der Waals surface area (Å²) in [6.45, 7) is 5.04. The third-order valence-corrected chi connectivity index (χ3v) is 3.29. The van der Waals surface area contributed by atoms with Gasteiger partial charge >= 0.3 is 0 Å². The predicted molar refractivity (Wildman–Crippen MR) is 76.6 cm³/mol. The summed E-state index contributed by atoms with van der Waals surface area (Å²) in [7, 11) is 0. The van der Waals surface area contributed by atoms with Gasteiger partial charge in [0.05, 0.1) is 17.4 Å². The molecule has 5 heteroatoms. The van der Waals surface area contributed by atoms with E-state index >= 15 is 0 Å². The average molecular weight is 278 g/mol. The molecule has 1 atom stereocenters. The van der Waals surface area contributed by atoms with Crippen LogP contribution in [0.2, 0.25) is 0 Å². The van der Waals surface area contributed by atoms with Gasteiger partial charge in [-0.15, -0.1) is 0 Å². The Morgan fingerprint density at radius 1 is 1.20 bits per heavy atom. The van der Waals surface area contributed by atoms with Gasteiger partial charge in [0.15, 0.2) is 0 Å². The summed E-state index contributed by atoms with van der Waals surface area (Å²) in [6, 6.07) is 8.98. The Morgan fingerprint density at radius 3 is 2.25 bits per heavy atom. The second kappa shape index (κ2) is 6.05. The van der Waals surface area contributed by atoms with E-state index in [4.69, 9.17) is 5.73 Å². The van der Waals surface area contributed by atoms with Crippen molar-refractivity contribution >= 4 is 11.8 Å². The molecule has 0 aromatic heterocycles. The highest BCUT2D eigenvalue weighted by Gasteiger charge is 2.29. The molecule has 2 amide bonds. The molecule has 0 aliphatic heterocycles. The van der Waals surface area contributed by atoms with Crippen molar-refractivity contribution in [3.63, 3.8) is 0 Å². The highest BCUT2D eigenvalue weighted by atomic mass is 16.3. The molecule has 0 bridgehead atoms. The fourth-order valence-corrected chi connectivity index (χ4v) is 1.68. The Balaban J connectivity index is 2.61. The summed E-state index contributed by atoms with van der Waals surface area (Å²) in [6.07, 6.45) is -0.0775. The molecular weight excluding hydrogens is 256 g/mol. The Morgan fingerprint density at radius 2 is 1.75 bits per heavy atom. The van der Waals surface area contributed by atoms with Crippen LogP contribution in [-0.4, -0.2) is 23.5 Å². The van der Waals surface area contributed by atoms with Crippen molar-refractivity contribution in [2.45, 2.75) is 32.8 Å². The van der Waals surface area contributed by atoms with Crippen LogP contribution in [0, 0.1) is 5.41 Å². The number of carbonyl (C=O) groups is 2. The van der Waals surface area contributed by atoms with Crippen molar-refractivity contribution in [3.05, 3.63) is 35.9 Å². The van der Waals surface area contributed by atoms with Crippen LogP contribution in [0.1, 0.15) is 32.8 Å². The number of benzene rings is 1. The molecule has 0 aliphatic carbocycles. The first-order chi connectivity index (χ1) is 9.15. The monoisotopic (exact) mass is 278 g/mol. The van der Waals surface area contributed by atoms with E-state index in [1.165, 1.54) is 0 Å². The van der Waals surface area contributed by atoms with E-state index in [1.807, 2.05) is 6.07 Å². The van der Waals surface area contributed by atoms with Crippen LogP contribution in [0.15, 0.2) is 30.3 Å². The lowest BCUT2D eigenvalue weighted by atomic mass is 9.90. The minimum Gasteiger partial charge on any atom is -0.385 e. The van der Waals surface area contributed by atoms with E-state index < -0.39 is 16.9 Å². The fourth-order valence-electron chi connectivity index (χ4n) is 1.68. The van der Waals surface area contributed by atoms with Gasteiger partial charge in [-0.1, -0.05) is 30.3 Å². The Kier molecular flexibility index (Phi) is 4.89. The van der Waals surface area contributed by atoms with E-state index in [-0.39, 0.29) is 18.9 Å². The summed E-state index contributed by atoms with van der Waals surface area (Å²) in [5, 5.41) is 13.0. The van der Waals surface area contributed by atoms with Gasteiger partial charge < -0.3 is 16.2 Å². The molecule has 4 N–H and O–H groups in total. The van der Waals surface area contributed by atoms with Crippen molar-refractivity contribution in [1.82, 2.24) is 5.32 Å². The average Bonchev–Trinajstić information content (AvgIpc) is 2.37. The summed E-state index contributed by atoms with van der Waals surface area (Å²) in [5.41, 5.74) is 3.85. The van der Waals surface area contributed by atoms with E-state index in [9.17, 15) is 14.7 Å². The van der Waals surface area contributed by atoms with Crippen LogP contribution in [0.5, 0.6) is 0 Å². The first kappa shape index (κ1) is 16.2. The van der Waals surface area contributed by atoms with E-state index in [0.717, 1.165) is 0 Å². The largest absolute Gasteiger partial charge is 0.385 e. The first-order valence-electron chi connectivity index (χ1n) is 6.50. The van der Waals surface area contributed by atoms with E-state index in [1.54, 1.807) is 45.0 Å². The van der Waals surface area contributed by atoms with Crippen LogP contribution in [0.4, 0.5) is 0 Å². The van der Waals surface area contributed by atoms with Crippen molar-refractivity contribution in [1.29, 1.82) is 0 Å². The number of aliphatic hydroxyl groups is 1. The van der Waals surface area contributed by atoms with Gasteiger partial charge in [0.25, 0.3) is 0 Å². The quantitative estimate of drug-likeness (QED) is 0.722. The molecule has 20 heavy (non-hydrogen) atoms. The summed E-state index contributed by atoms with van der Waals surface area (Å²) in [4.78, 5) is 23.0. The van der Waals surface area contributed by atoms with Gasteiger partial charge in [0.1, 0.15) is 0 Å². The standard InChI is InChI=1S/C15H22N2O3/c1-14(2,13(16)19)10-17-12(18)9-15(3,20)11-7-5-4-6-8-11/h4-8,20H,9-10H2,1-3H3,(H2,16,19)(H,17,18). The maximum Gasteiger partial charge on any atom is 0.224 e. The van der Waals surface area contributed by atoms with Gasteiger partial charge in [-0.2, -0.15) is 0 Å². The van der Waals surface area contributed by atoms with Crippen molar-refractivity contribution in [2.75, 3.05) is 6.54 Å². The maximum atomic E-state index is 11.9. The molecule has 1 rings (SSSR count). The zero-order valence-corrected chi connectivity index (χ0v) is 12.1. The Labute approximate surface area is 119 Å². The van der Waals surface area contributed by atoms with Crippen LogP contribution >= 0.6 is 0 Å². The number of hydrogen-bond donors (Lipinski definition) is 3. The second-order valence-corrected chi connectivity index (χ2v) is 5.84. The highest BCUT2D eigenvalue weighted by Crippen LogP contribution is 2.24. The maximum absolute atomic E-state index is 11.9. The van der Waals surface area contributed by atoms with E-state index in [2.05, 4.69) is 5.32 Å². The van der Waals surface area contributed by atoms with Crippen LogP contribution in [0.25, 0.3) is 0 Å². The molecule has 0 saturated heterocycles. The molecule has 0 radical (unpaired) electrons. The second-order valence-electron chi connectivity index (χ2n) is 5.84. The predicted octanol–water partition coefficient (Wildman–Crippen LogP) is 0.912. The smallest absolute Gasteiger partial charge is 0.224 e. The summed E-state index contributed by atoms with van der Waals surface area (Å²) >= 11 is 0. The molecule has 0 fully saturated rings. The zero-order valence-electron chi connectivity index (χ0n) is 12.1. The first-order valence-corrected chi connectivity index (χ1v) is 6.50. The molecule has 0 saturated carbocycles. The van der Waals surface area contributed by atoms with Gasteiger partial charge in [-0.3, -0.25) is 9.59 Å². The lowest BCUT2D eigenvalue weighted by Gasteiger charge is -2.25. The van der Waals surface area contributed by atoms with Crippen LogP contribution < -0.4 is 11.1 Å². The van der Waals surface area contributed by atoms with Crippen molar-refractivity contribution in [2.24, 2.45) is 11.1 Å². The molecule has 1 unspecified atom stereocenters. The van der Waals surface area contributed by atoms with Crippen molar-refractivity contribution in [3.8, 4) is 0 Å². The molecule has 0 heterocycles. The number of carbonyl (C=O) groups excluding carboxylic acids is 2. The lowest BCUT2D eigenvalue weighted by molar-refractivity contribution is -0.128. The topological polar surface area (TPSA) is 92.4 Å². The number of primary amides is 1. The van der Waals surface area contributed by atoms with Gasteiger partial charge in [0.2, 0.25) is 11.8 Å². The summed E-state index contributed by atoms with van der Waals surface area (Å²) in [5.74, 6) is -0.805. The molecule has 5 nitrogen and oxygen atoms in total. The SMILES string of the molecule is CC(C)(CNC(=O)CC(C)(O)c1ccccc1)C(N)=O. The fraction of sp³-hybridized carbons (Fsp3) is 0.467. The molecule has 0 aliphatic rings. The molecular formula is C15H22N2O3. The third-order valence-electron chi connectivity index (χ3n) is 3.29. The van der Waals surface area contributed by atoms with Gasteiger partial charge in [-0.05, 0) is 26.3 Å². The molecule has 0 spiro atoms. The van der Waals surface area contributed by atoms with Crippen molar-refractivity contribution < 1.29 is 14.7 Å². The number of amides is 2. The Hall–Kier alpha value is -1.88. The molecule has 1 aromatic carbocycles. The third kappa shape index (κ3) is 4.35. The molecule has 110 valence electrons. The van der Waals surface area contributed by atoms with E-state index in [0.29, 0.717) is 5.56 Å². The number of rotatable bonds is 6. The number of hydrogen-bond acceptors (Lipinski definition) is 3. The van der Waals surface area contributed by atoms with Crippen LogP contribution in [-0.2, 0) is 15.2 Å². The minimum absolute atomic E-state index is 0.0775. The number of nitrogens with two attached hydrogens (primary N) is 1. The normalized spacial score (nSPS) is 14.4. The summed E-state index contributed by atoms with van der Waals surface area (Å²) < 4.78 is 0. The highest BCUT2D eigenvalue weighted by molar-refractivity contribution is 5.82. The van der Waals surface area contributed by atoms with Crippen LogP contribution in [0.3, 0.4) is 0 Å². The molecule has 1 aromatic rings. The minimum atomic E-state index is -1.25. The zero-order chi connectivity index (χ0) is 15.4. The Bertz CT molecular complexity index is 481. The number of nitrogens with one attached hydrogen (secondary N) is 1.